The van der Waals surface area contributed by atoms with Gasteiger partial charge in [-0.25, -0.2) is 4.79 Å². The minimum Gasteiger partial charge on any atom is -0.462 e. The highest BCUT2D eigenvalue weighted by Crippen LogP contribution is 2.28. The van der Waals surface area contributed by atoms with Crippen molar-refractivity contribution in [2.24, 2.45) is 0 Å². The summed E-state index contributed by atoms with van der Waals surface area (Å²) >= 11 is 1.26. The zero-order valence-corrected chi connectivity index (χ0v) is 15.6. The van der Waals surface area contributed by atoms with Crippen LogP contribution in [0.2, 0.25) is 0 Å². The third kappa shape index (κ3) is 3.77. The molecule has 1 aliphatic rings. The molecule has 1 aliphatic heterocycles. The SMILES string of the molecule is CCOC(=O)c1sc(NC(=O)CN2CCn3cccc3C2C)cc1C. The van der Waals surface area contributed by atoms with Crippen LogP contribution in [0.15, 0.2) is 24.4 Å². The summed E-state index contributed by atoms with van der Waals surface area (Å²) in [5.41, 5.74) is 2.05. The minimum absolute atomic E-state index is 0.0662. The van der Waals surface area contributed by atoms with Gasteiger partial charge in [0.25, 0.3) is 0 Å². The summed E-state index contributed by atoms with van der Waals surface area (Å²) in [4.78, 5) is 27.0. The van der Waals surface area contributed by atoms with Crippen LogP contribution >= 0.6 is 11.3 Å². The average Bonchev–Trinajstić information content (AvgIpc) is 3.17. The first kappa shape index (κ1) is 17.7. The number of nitrogens with zero attached hydrogens (tertiary/aromatic N) is 2. The van der Waals surface area contributed by atoms with E-state index in [2.05, 4.69) is 34.0 Å². The molecule has 1 amide bonds. The number of fused-ring (bicyclic) bond motifs is 1. The molecule has 1 atom stereocenters. The standard InChI is InChI=1S/C18H23N3O3S/c1-4-24-18(23)17-12(2)10-16(25-17)19-15(22)11-21-9-8-20-7-5-6-14(20)13(21)3/h5-7,10,13H,4,8-9,11H2,1-3H3,(H,19,22). The Morgan fingerprint density at radius 1 is 1.40 bits per heavy atom. The Bertz CT molecular complexity index is 780. The van der Waals surface area contributed by atoms with Crippen molar-refractivity contribution in [2.75, 3.05) is 25.0 Å². The fourth-order valence-corrected chi connectivity index (χ4v) is 4.13. The number of hydrogen-bond donors (Lipinski definition) is 1. The zero-order valence-electron chi connectivity index (χ0n) is 14.7. The number of amides is 1. The van der Waals surface area contributed by atoms with Gasteiger partial charge in [-0.1, -0.05) is 0 Å². The van der Waals surface area contributed by atoms with Crippen LogP contribution in [-0.4, -0.2) is 41.0 Å². The van der Waals surface area contributed by atoms with E-state index >= 15 is 0 Å². The van der Waals surface area contributed by atoms with Gasteiger partial charge in [0.1, 0.15) is 4.88 Å². The number of ether oxygens (including phenoxy) is 1. The van der Waals surface area contributed by atoms with E-state index in [0.717, 1.165) is 18.7 Å². The predicted octanol–water partition coefficient (Wildman–Crippen LogP) is 3.05. The predicted molar refractivity (Wildman–Crippen MR) is 98.1 cm³/mol. The molecule has 0 saturated heterocycles. The summed E-state index contributed by atoms with van der Waals surface area (Å²) in [5, 5.41) is 3.59. The van der Waals surface area contributed by atoms with Crippen molar-refractivity contribution in [3.63, 3.8) is 0 Å². The number of carbonyl (C=O) groups is 2. The fourth-order valence-electron chi connectivity index (χ4n) is 3.15. The molecule has 6 nitrogen and oxygen atoms in total. The van der Waals surface area contributed by atoms with E-state index in [1.165, 1.54) is 17.0 Å². The molecule has 25 heavy (non-hydrogen) atoms. The molecule has 0 aromatic carbocycles. The van der Waals surface area contributed by atoms with Gasteiger partial charge in [-0.2, -0.15) is 0 Å². The molecule has 0 fully saturated rings. The van der Waals surface area contributed by atoms with Gasteiger partial charge < -0.3 is 14.6 Å². The Morgan fingerprint density at radius 2 is 2.20 bits per heavy atom. The summed E-state index contributed by atoms with van der Waals surface area (Å²) < 4.78 is 7.27. The lowest BCUT2D eigenvalue weighted by atomic mass is 10.1. The molecule has 1 unspecified atom stereocenters. The van der Waals surface area contributed by atoms with Crippen molar-refractivity contribution >= 4 is 28.2 Å². The van der Waals surface area contributed by atoms with E-state index in [1.54, 1.807) is 6.92 Å². The van der Waals surface area contributed by atoms with Crippen molar-refractivity contribution in [3.8, 4) is 0 Å². The zero-order chi connectivity index (χ0) is 18.0. The summed E-state index contributed by atoms with van der Waals surface area (Å²) in [6, 6.07) is 6.17. The van der Waals surface area contributed by atoms with Crippen molar-refractivity contribution in [1.82, 2.24) is 9.47 Å². The first-order chi connectivity index (χ1) is 12.0. The largest absolute Gasteiger partial charge is 0.462 e. The minimum atomic E-state index is -0.337. The number of aryl methyl sites for hydroxylation is 1. The summed E-state index contributed by atoms with van der Waals surface area (Å²) in [5.74, 6) is -0.403. The second-order valence-corrected chi connectivity index (χ2v) is 7.22. The molecule has 2 aromatic rings. The van der Waals surface area contributed by atoms with E-state index in [4.69, 9.17) is 4.74 Å². The molecule has 0 spiro atoms. The van der Waals surface area contributed by atoms with Gasteiger partial charge >= 0.3 is 5.97 Å². The third-order valence-corrected chi connectivity index (χ3v) is 5.59. The summed E-state index contributed by atoms with van der Waals surface area (Å²) in [7, 11) is 0. The second kappa shape index (κ2) is 7.41. The first-order valence-electron chi connectivity index (χ1n) is 8.46. The fraction of sp³-hybridized carbons (Fsp3) is 0.444. The third-order valence-electron chi connectivity index (χ3n) is 4.46. The Morgan fingerprint density at radius 3 is 2.96 bits per heavy atom. The molecule has 0 radical (unpaired) electrons. The van der Waals surface area contributed by atoms with E-state index in [9.17, 15) is 9.59 Å². The number of carbonyl (C=O) groups excluding carboxylic acids is 2. The van der Waals surface area contributed by atoms with E-state index < -0.39 is 0 Å². The molecule has 134 valence electrons. The molecule has 0 saturated carbocycles. The lowest BCUT2D eigenvalue weighted by Crippen LogP contribution is -2.41. The normalized spacial score (nSPS) is 17.2. The Labute approximate surface area is 151 Å². The smallest absolute Gasteiger partial charge is 0.348 e. The van der Waals surface area contributed by atoms with Crippen molar-refractivity contribution in [3.05, 3.63) is 40.5 Å². The van der Waals surface area contributed by atoms with Crippen LogP contribution in [0, 0.1) is 6.92 Å². The highest BCUT2D eigenvalue weighted by Gasteiger charge is 2.25. The number of aromatic nitrogens is 1. The second-order valence-electron chi connectivity index (χ2n) is 6.16. The van der Waals surface area contributed by atoms with Crippen molar-refractivity contribution in [2.45, 2.75) is 33.4 Å². The van der Waals surface area contributed by atoms with Crippen LogP contribution in [0.1, 0.15) is 40.8 Å². The van der Waals surface area contributed by atoms with Gasteiger partial charge in [-0.15, -0.1) is 11.3 Å². The van der Waals surface area contributed by atoms with Gasteiger partial charge in [0, 0.05) is 31.0 Å². The molecule has 3 rings (SSSR count). The van der Waals surface area contributed by atoms with E-state index in [1.807, 2.05) is 19.1 Å². The lowest BCUT2D eigenvalue weighted by Gasteiger charge is -2.34. The van der Waals surface area contributed by atoms with Crippen LogP contribution < -0.4 is 5.32 Å². The molecule has 7 heteroatoms. The van der Waals surface area contributed by atoms with Crippen LogP contribution in [0.5, 0.6) is 0 Å². The van der Waals surface area contributed by atoms with Gasteiger partial charge in [0.05, 0.1) is 18.2 Å². The Balaban J connectivity index is 1.62. The van der Waals surface area contributed by atoms with Gasteiger partial charge in [-0.3, -0.25) is 9.69 Å². The Kier molecular flexibility index (Phi) is 5.24. The quantitative estimate of drug-likeness (QED) is 0.832. The molecular weight excluding hydrogens is 338 g/mol. The van der Waals surface area contributed by atoms with E-state index in [0.29, 0.717) is 23.0 Å². The van der Waals surface area contributed by atoms with Gasteiger partial charge in [-0.05, 0) is 44.5 Å². The van der Waals surface area contributed by atoms with Crippen molar-refractivity contribution < 1.29 is 14.3 Å². The number of thiophene rings is 1. The van der Waals surface area contributed by atoms with Crippen LogP contribution in [0.4, 0.5) is 5.00 Å². The monoisotopic (exact) mass is 361 g/mol. The number of rotatable bonds is 5. The summed E-state index contributed by atoms with van der Waals surface area (Å²) in [6.45, 7) is 8.15. The number of hydrogen-bond acceptors (Lipinski definition) is 5. The molecular formula is C18H23N3O3S. The van der Waals surface area contributed by atoms with Crippen LogP contribution in [0.3, 0.4) is 0 Å². The molecule has 2 aromatic heterocycles. The average molecular weight is 361 g/mol. The molecule has 0 aliphatic carbocycles. The van der Waals surface area contributed by atoms with E-state index in [-0.39, 0.29) is 17.9 Å². The maximum atomic E-state index is 12.4. The Hall–Kier alpha value is -2.12. The maximum absolute atomic E-state index is 12.4. The maximum Gasteiger partial charge on any atom is 0.348 e. The van der Waals surface area contributed by atoms with Gasteiger partial charge in [0.15, 0.2) is 0 Å². The lowest BCUT2D eigenvalue weighted by molar-refractivity contribution is -0.118. The number of esters is 1. The molecule has 1 N–H and O–H groups in total. The molecule has 3 heterocycles. The van der Waals surface area contributed by atoms with Crippen LogP contribution in [-0.2, 0) is 16.1 Å². The van der Waals surface area contributed by atoms with Crippen molar-refractivity contribution in [1.29, 1.82) is 0 Å². The highest BCUT2D eigenvalue weighted by atomic mass is 32.1. The number of anilines is 1. The topological polar surface area (TPSA) is 63.6 Å². The van der Waals surface area contributed by atoms with Gasteiger partial charge in [0.2, 0.25) is 5.91 Å². The van der Waals surface area contributed by atoms with Crippen LogP contribution in [0.25, 0.3) is 0 Å². The molecule has 0 bridgehead atoms. The first-order valence-corrected chi connectivity index (χ1v) is 9.27. The highest BCUT2D eigenvalue weighted by molar-refractivity contribution is 7.18. The number of nitrogens with one attached hydrogen (secondary N) is 1. The summed E-state index contributed by atoms with van der Waals surface area (Å²) in [6.07, 6.45) is 2.08.